The highest BCUT2D eigenvalue weighted by atomic mass is 16.5. The molecular weight excluding hydrogens is 284 g/mol. The van der Waals surface area contributed by atoms with Crippen molar-refractivity contribution >= 4 is 17.6 Å². The standard InChI is InChI=1S/C20H23N2O/c1-21(18-10-6-4-7-11-18)16-8-5-9-17-22(2)19-12-14-20(23-3)15-13-19/h4-17H,1-3H3/q+1. The van der Waals surface area contributed by atoms with Crippen molar-refractivity contribution in [2.24, 2.45) is 0 Å². The molecule has 0 saturated heterocycles. The van der Waals surface area contributed by atoms with Gasteiger partial charge in [-0.15, -0.1) is 0 Å². The van der Waals surface area contributed by atoms with Crippen molar-refractivity contribution in [3.05, 3.63) is 79.0 Å². The fourth-order valence-corrected chi connectivity index (χ4v) is 2.07. The average Bonchev–Trinajstić information content (AvgIpc) is 2.62. The van der Waals surface area contributed by atoms with E-state index in [1.165, 1.54) is 0 Å². The fraction of sp³-hybridized carbons (Fsp3) is 0.150. The molecule has 0 aliphatic heterocycles. The molecule has 0 aromatic heterocycles. The molecule has 118 valence electrons. The van der Waals surface area contributed by atoms with Gasteiger partial charge in [0.1, 0.15) is 12.8 Å². The van der Waals surface area contributed by atoms with Gasteiger partial charge in [0.05, 0.1) is 7.11 Å². The summed E-state index contributed by atoms with van der Waals surface area (Å²) in [4.78, 5) is 2.08. The third-order valence-corrected chi connectivity index (χ3v) is 3.48. The second-order valence-electron chi connectivity index (χ2n) is 5.13. The van der Waals surface area contributed by atoms with Crippen LogP contribution in [0, 0.1) is 0 Å². The lowest BCUT2D eigenvalue weighted by Gasteiger charge is -2.12. The Morgan fingerprint density at radius 3 is 2.26 bits per heavy atom. The van der Waals surface area contributed by atoms with Crippen LogP contribution in [0.15, 0.2) is 79.0 Å². The van der Waals surface area contributed by atoms with Crippen molar-refractivity contribution < 1.29 is 9.31 Å². The minimum absolute atomic E-state index is 0.865. The molecule has 0 aliphatic carbocycles. The number of para-hydroxylation sites is 1. The van der Waals surface area contributed by atoms with Crippen molar-refractivity contribution in [1.82, 2.24) is 0 Å². The first-order chi connectivity index (χ1) is 11.2. The predicted octanol–water partition coefficient (Wildman–Crippen LogP) is 4.25. The number of benzene rings is 2. The maximum atomic E-state index is 5.16. The number of ether oxygens (including phenoxy) is 1. The Kier molecular flexibility index (Phi) is 6.18. The van der Waals surface area contributed by atoms with Gasteiger partial charge < -0.3 is 9.64 Å². The van der Waals surface area contributed by atoms with Crippen LogP contribution in [0.5, 0.6) is 5.75 Å². The summed E-state index contributed by atoms with van der Waals surface area (Å²) in [5.41, 5.74) is 2.28. The summed E-state index contributed by atoms with van der Waals surface area (Å²) in [5, 5.41) is 0. The Morgan fingerprint density at radius 1 is 0.913 bits per heavy atom. The first-order valence-corrected chi connectivity index (χ1v) is 7.54. The molecule has 0 heterocycles. The van der Waals surface area contributed by atoms with E-state index in [0.29, 0.717) is 0 Å². The average molecular weight is 307 g/mol. The van der Waals surface area contributed by atoms with Crippen molar-refractivity contribution in [1.29, 1.82) is 0 Å². The van der Waals surface area contributed by atoms with Crippen LogP contribution in [0.2, 0.25) is 0 Å². The summed E-state index contributed by atoms with van der Waals surface area (Å²) >= 11 is 0. The minimum Gasteiger partial charge on any atom is -0.497 e. The lowest BCUT2D eigenvalue weighted by molar-refractivity contribution is -0.398. The molecule has 2 aromatic rings. The summed E-state index contributed by atoms with van der Waals surface area (Å²) in [6, 6.07) is 18.2. The molecule has 23 heavy (non-hydrogen) atoms. The summed E-state index contributed by atoms with van der Waals surface area (Å²) in [6.07, 6.45) is 10.1. The molecule has 0 amide bonds. The normalized spacial score (nSPS) is 12.0. The maximum absolute atomic E-state index is 5.16. The molecule has 3 heteroatoms. The topological polar surface area (TPSA) is 15.5 Å². The Labute approximate surface area is 138 Å². The van der Waals surface area contributed by atoms with Crippen LogP contribution in [0.3, 0.4) is 0 Å². The van der Waals surface area contributed by atoms with Gasteiger partial charge in [0.15, 0.2) is 6.21 Å². The monoisotopic (exact) mass is 307 g/mol. The predicted molar refractivity (Wildman–Crippen MR) is 98.0 cm³/mol. The SMILES string of the molecule is COc1ccc([N+](C)=C/C=C/C=C/N(C)c2ccccc2)cc1. The zero-order chi connectivity index (χ0) is 16.5. The lowest BCUT2D eigenvalue weighted by Crippen LogP contribution is -2.06. The zero-order valence-corrected chi connectivity index (χ0v) is 13.9. The van der Waals surface area contributed by atoms with Crippen LogP contribution in [-0.4, -0.2) is 32.0 Å². The number of nitrogens with zero attached hydrogens (tertiary/aromatic N) is 2. The number of hydrogen-bond acceptors (Lipinski definition) is 2. The first-order valence-electron chi connectivity index (χ1n) is 7.54. The molecule has 0 unspecified atom stereocenters. The molecule has 0 N–H and O–H groups in total. The highest BCUT2D eigenvalue weighted by Crippen LogP contribution is 2.16. The highest BCUT2D eigenvalue weighted by molar-refractivity contribution is 5.68. The second kappa shape index (κ2) is 8.59. The second-order valence-corrected chi connectivity index (χ2v) is 5.13. The quantitative estimate of drug-likeness (QED) is 0.450. The largest absolute Gasteiger partial charge is 0.497 e. The van der Waals surface area contributed by atoms with Crippen LogP contribution in [0.1, 0.15) is 0 Å². The number of anilines is 1. The van der Waals surface area contributed by atoms with E-state index in [0.717, 1.165) is 17.1 Å². The van der Waals surface area contributed by atoms with Crippen LogP contribution >= 0.6 is 0 Å². The summed E-state index contributed by atoms with van der Waals surface area (Å²) in [6.45, 7) is 0. The van der Waals surface area contributed by atoms with E-state index < -0.39 is 0 Å². The van der Waals surface area contributed by atoms with Gasteiger partial charge in [0.25, 0.3) is 0 Å². The zero-order valence-electron chi connectivity index (χ0n) is 13.9. The maximum Gasteiger partial charge on any atom is 0.205 e. The van der Waals surface area contributed by atoms with Gasteiger partial charge in [-0.25, -0.2) is 4.58 Å². The molecule has 2 aromatic carbocycles. The van der Waals surface area contributed by atoms with Gasteiger partial charge in [-0.2, -0.15) is 0 Å². The van der Waals surface area contributed by atoms with E-state index >= 15 is 0 Å². The molecule has 0 bridgehead atoms. The molecule has 3 nitrogen and oxygen atoms in total. The molecule has 0 spiro atoms. The molecule has 0 aliphatic rings. The summed E-state index contributed by atoms with van der Waals surface area (Å²) in [5.74, 6) is 0.865. The van der Waals surface area contributed by atoms with Gasteiger partial charge in [0.2, 0.25) is 5.69 Å². The molecule has 0 atom stereocenters. The van der Waals surface area contributed by atoms with E-state index in [1.54, 1.807) is 7.11 Å². The smallest absolute Gasteiger partial charge is 0.205 e. The van der Waals surface area contributed by atoms with Gasteiger partial charge in [-0.05, 0) is 30.3 Å². The van der Waals surface area contributed by atoms with Crippen LogP contribution < -0.4 is 9.64 Å². The van der Waals surface area contributed by atoms with Gasteiger partial charge >= 0.3 is 0 Å². The lowest BCUT2D eigenvalue weighted by atomic mass is 10.3. The summed E-state index contributed by atoms with van der Waals surface area (Å²) in [7, 11) is 5.73. The van der Waals surface area contributed by atoms with Crippen LogP contribution in [-0.2, 0) is 0 Å². The van der Waals surface area contributed by atoms with Gasteiger partial charge in [-0.3, -0.25) is 0 Å². The molecular formula is C20H23N2O+. The third kappa shape index (κ3) is 5.15. The van der Waals surface area contributed by atoms with Crippen LogP contribution in [0.4, 0.5) is 11.4 Å². The van der Waals surface area contributed by atoms with Crippen molar-refractivity contribution in [2.75, 3.05) is 26.1 Å². The van der Waals surface area contributed by atoms with E-state index in [9.17, 15) is 0 Å². The Morgan fingerprint density at radius 2 is 1.61 bits per heavy atom. The van der Waals surface area contributed by atoms with E-state index in [-0.39, 0.29) is 0 Å². The Hall–Kier alpha value is -2.81. The van der Waals surface area contributed by atoms with Gasteiger partial charge in [-0.1, -0.05) is 24.3 Å². The van der Waals surface area contributed by atoms with E-state index in [2.05, 4.69) is 21.6 Å². The number of hydrogen-bond donors (Lipinski definition) is 0. The third-order valence-electron chi connectivity index (χ3n) is 3.48. The first kappa shape index (κ1) is 16.6. The van der Waals surface area contributed by atoms with Crippen molar-refractivity contribution in [2.45, 2.75) is 0 Å². The molecule has 0 fully saturated rings. The highest BCUT2D eigenvalue weighted by Gasteiger charge is 2.01. The number of methoxy groups -OCH3 is 1. The molecule has 0 saturated carbocycles. The Bertz CT molecular complexity index is 685. The van der Waals surface area contributed by atoms with Crippen LogP contribution in [0.25, 0.3) is 0 Å². The fourth-order valence-electron chi connectivity index (χ4n) is 2.07. The molecule has 0 radical (unpaired) electrons. The summed E-state index contributed by atoms with van der Waals surface area (Å²) < 4.78 is 7.22. The van der Waals surface area contributed by atoms with Crippen molar-refractivity contribution in [3.8, 4) is 5.75 Å². The van der Waals surface area contributed by atoms with E-state index in [1.807, 2.05) is 87.2 Å². The minimum atomic E-state index is 0.865. The van der Waals surface area contributed by atoms with Crippen molar-refractivity contribution in [3.63, 3.8) is 0 Å². The Balaban J connectivity index is 1.93. The number of allylic oxidation sites excluding steroid dienone is 3. The van der Waals surface area contributed by atoms with E-state index in [4.69, 9.17) is 4.74 Å². The van der Waals surface area contributed by atoms with Gasteiger partial charge in [0, 0.05) is 37.1 Å². The number of rotatable bonds is 6. The molecule has 2 rings (SSSR count).